The van der Waals surface area contributed by atoms with E-state index in [0.29, 0.717) is 18.8 Å². The second-order valence-corrected chi connectivity index (χ2v) is 9.18. The number of likely N-dealkylation sites (tertiary alicyclic amines) is 1. The van der Waals surface area contributed by atoms with Gasteiger partial charge in [0.15, 0.2) is 9.84 Å². The summed E-state index contributed by atoms with van der Waals surface area (Å²) in [6.07, 6.45) is 3.21. The molecule has 1 fully saturated rings. The van der Waals surface area contributed by atoms with Gasteiger partial charge in [-0.3, -0.25) is 0 Å². The molecule has 0 spiro atoms. The summed E-state index contributed by atoms with van der Waals surface area (Å²) in [7, 11) is -2.09. The van der Waals surface area contributed by atoms with E-state index in [9.17, 15) is 13.2 Å². The lowest BCUT2D eigenvalue weighted by Crippen LogP contribution is -2.48. The first-order valence-electron chi connectivity index (χ1n) is 8.35. The fraction of sp³-hybridized carbons (Fsp3) is 0.647. The fourth-order valence-corrected chi connectivity index (χ4v) is 4.29. The summed E-state index contributed by atoms with van der Waals surface area (Å²) >= 11 is 0. The van der Waals surface area contributed by atoms with Crippen LogP contribution >= 0.6 is 0 Å². The Morgan fingerprint density at radius 2 is 2.04 bits per heavy atom. The molecule has 2 heterocycles. The minimum atomic E-state index is -3.56. The molecule has 8 heteroatoms. The number of sulfone groups is 1. The van der Waals surface area contributed by atoms with Gasteiger partial charge in [0.25, 0.3) is 0 Å². The molecule has 1 aliphatic heterocycles. The van der Waals surface area contributed by atoms with Crippen molar-refractivity contribution in [1.82, 2.24) is 9.88 Å². The van der Waals surface area contributed by atoms with Gasteiger partial charge in [-0.25, -0.2) is 18.2 Å². The van der Waals surface area contributed by atoms with Crippen molar-refractivity contribution in [2.75, 3.05) is 19.4 Å². The molecular formula is C17H26N2O5S. The average Bonchev–Trinajstić information content (AvgIpc) is 2.53. The zero-order valence-electron chi connectivity index (χ0n) is 15.2. The number of hydrogen-bond donors (Lipinski definition) is 0. The molecule has 1 aliphatic rings. The Bertz CT molecular complexity index is 695. The Kier molecular flexibility index (Phi) is 5.92. The first-order valence-corrected chi connectivity index (χ1v) is 10.00. The summed E-state index contributed by atoms with van der Waals surface area (Å²) < 4.78 is 35.8. The average molecular weight is 370 g/mol. The molecule has 7 nitrogen and oxygen atoms in total. The van der Waals surface area contributed by atoms with Gasteiger partial charge < -0.3 is 14.4 Å². The van der Waals surface area contributed by atoms with E-state index >= 15 is 0 Å². The van der Waals surface area contributed by atoms with Crippen LogP contribution in [0.1, 0.15) is 40.0 Å². The van der Waals surface area contributed by atoms with Gasteiger partial charge in [0.05, 0.1) is 17.8 Å². The van der Waals surface area contributed by atoms with E-state index < -0.39 is 27.6 Å². The number of amides is 1. The number of carbonyl (C=O) groups excluding carboxylic acids is 1. The van der Waals surface area contributed by atoms with Gasteiger partial charge in [0.1, 0.15) is 5.60 Å². The van der Waals surface area contributed by atoms with Crippen molar-refractivity contribution in [2.45, 2.75) is 56.6 Å². The number of hydrogen-bond acceptors (Lipinski definition) is 6. The Balaban J connectivity index is 2.15. The van der Waals surface area contributed by atoms with Crippen LogP contribution in [0.4, 0.5) is 4.79 Å². The minimum Gasteiger partial charge on any atom is -0.481 e. The molecule has 25 heavy (non-hydrogen) atoms. The molecule has 1 aromatic heterocycles. The van der Waals surface area contributed by atoms with Gasteiger partial charge in [-0.15, -0.1) is 0 Å². The van der Waals surface area contributed by atoms with E-state index in [1.807, 2.05) is 0 Å². The molecule has 0 aromatic carbocycles. The number of pyridine rings is 1. The smallest absolute Gasteiger partial charge is 0.410 e. The van der Waals surface area contributed by atoms with Crippen LogP contribution in [0.3, 0.4) is 0 Å². The van der Waals surface area contributed by atoms with E-state index in [2.05, 4.69) is 4.98 Å². The van der Waals surface area contributed by atoms with Crippen molar-refractivity contribution in [1.29, 1.82) is 0 Å². The van der Waals surface area contributed by atoms with E-state index in [1.165, 1.54) is 25.4 Å². The number of methoxy groups -OCH3 is 1. The van der Waals surface area contributed by atoms with Crippen LogP contribution in [-0.2, 0) is 14.6 Å². The van der Waals surface area contributed by atoms with E-state index in [1.54, 1.807) is 25.7 Å². The second-order valence-electron chi connectivity index (χ2n) is 7.14. The van der Waals surface area contributed by atoms with Gasteiger partial charge in [0, 0.05) is 24.8 Å². The lowest BCUT2D eigenvalue weighted by atomic mass is 10.0. The van der Waals surface area contributed by atoms with Crippen LogP contribution in [-0.4, -0.2) is 55.4 Å². The zero-order chi connectivity index (χ0) is 18.7. The number of carbonyl (C=O) groups is 1. The largest absolute Gasteiger partial charge is 0.481 e. The predicted octanol–water partition coefficient (Wildman–Crippen LogP) is 2.65. The van der Waals surface area contributed by atoms with E-state index in [4.69, 9.17) is 9.47 Å². The van der Waals surface area contributed by atoms with Crippen LogP contribution in [0.5, 0.6) is 5.88 Å². The van der Waals surface area contributed by atoms with Crippen molar-refractivity contribution >= 4 is 15.9 Å². The zero-order valence-corrected chi connectivity index (χ0v) is 16.0. The molecule has 0 aliphatic carbocycles. The molecule has 0 radical (unpaired) electrons. The van der Waals surface area contributed by atoms with Crippen LogP contribution in [0, 0.1) is 0 Å². The lowest BCUT2D eigenvalue weighted by molar-refractivity contribution is 0.0124. The Morgan fingerprint density at radius 1 is 1.32 bits per heavy atom. The minimum absolute atomic E-state index is 0.128. The highest BCUT2D eigenvalue weighted by atomic mass is 32.2. The maximum Gasteiger partial charge on any atom is 0.410 e. The molecule has 140 valence electrons. The third-order valence-corrected chi connectivity index (χ3v) is 5.73. The number of nitrogens with zero attached hydrogens (tertiary/aromatic N) is 2. The van der Waals surface area contributed by atoms with Crippen LogP contribution < -0.4 is 4.74 Å². The SMILES string of the molecule is COc1ccc(S(=O)(=O)CC2CCCCN2C(=O)OC(C)(C)C)cn1. The van der Waals surface area contributed by atoms with Crippen molar-refractivity contribution in [3.63, 3.8) is 0 Å². The van der Waals surface area contributed by atoms with Gasteiger partial charge in [0.2, 0.25) is 5.88 Å². The molecule has 0 saturated carbocycles. The molecule has 0 N–H and O–H groups in total. The maximum absolute atomic E-state index is 12.7. The quantitative estimate of drug-likeness (QED) is 0.810. The molecular weight excluding hydrogens is 344 g/mol. The maximum atomic E-state index is 12.7. The van der Waals surface area contributed by atoms with Crippen LogP contribution in [0.15, 0.2) is 23.2 Å². The normalized spacial score (nSPS) is 18.7. The predicted molar refractivity (Wildman–Crippen MR) is 93.4 cm³/mol. The Morgan fingerprint density at radius 3 is 2.60 bits per heavy atom. The van der Waals surface area contributed by atoms with Crippen molar-refractivity contribution < 1.29 is 22.7 Å². The molecule has 1 unspecified atom stereocenters. The first-order chi connectivity index (χ1) is 11.6. The van der Waals surface area contributed by atoms with Crippen LogP contribution in [0.2, 0.25) is 0 Å². The van der Waals surface area contributed by atoms with Crippen LogP contribution in [0.25, 0.3) is 0 Å². The summed E-state index contributed by atoms with van der Waals surface area (Å²) in [5.74, 6) is 0.215. The van der Waals surface area contributed by atoms with Crippen molar-refractivity contribution in [3.05, 3.63) is 18.3 Å². The van der Waals surface area contributed by atoms with Gasteiger partial charge in [-0.1, -0.05) is 0 Å². The fourth-order valence-electron chi connectivity index (χ4n) is 2.76. The second kappa shape index (κ2) is 7.59. The lowest BCUT2D eigenvalue weighted by Gasteiger charge is -2.36. The molecule has 2 rings (SSSR count). The van der Waals surface area contributed by atoms with Gasteiger partial charge in [-0.05, 0) is 46.1 Å². The van der Waals surface area contributed by atoms with E-state index in [0.717, 1.165) is 12.8 Å². The Hall–Kier alpha value is -1.83. The highest BCUT2D eigenvalue weighted by molar-refractivity contribution is 7.91. The van der Waals surface area contributed by atoms with E-state index in [-0.39, 0.29) is 10.6 Å². The Labute approximate surface area is 149 Å². The van der Waals surface area contributed by atoms with Crippen molar-refractivity contribution in [3.8, 4) is 5.88 Å². The summed E-state index contributed by atoms with van der Waals surface area (Å²) in [6, 6.07) is 2.59. The highest BCUT2D eigenvalue weighted by Crippen LogP contribution is 2.24. The number of aromatic nitrogens is 1. The summed E-state index contributed by atoms with van der Waals surface area (Å²) in [4.78, 5) is 18.0. The number of piperidine rings is 1. The highest BCUT2D eigenvalue weighted by Gasteiger charge is 2.34. The summed E-state index contributed by atoms with van der Waals surface area (Å²) in [5, 5.41) is 0. The monoisotopic (exact) mass is 370 g/mol. The number of ether oxygens (including phenoxy) is 2. The third-order valence-electron chi connectivity index (χ3n) is 3.94. The third kappa shape index (κ3) is 5.32. The standard InChI is InChI=1S/C17H26N2O5S/c1-17(2,3)24-16(20)19-10-6-5-7-13(19)12-25(21,22)14-8-9-15(23-4)18-11-14/h8-9,11,13H,5-7,10,12H2,1-4H3. The first kappa shape index (κ1) is 19.5. The summed E-state index contributed by atoms with van der Waals surface area (Å²) in [5.41, 5.74) is -0.613. The van der Waals surface area contributed by atoms with Crippen molar-refractivity contribution in [2.24, 2.45) is 0 Å². The van der Waals surface area contributed by atoms with Gasteiger partial charge >= 0.3 is 6.09 Å². The summed E-state index contributed by atoms with van der Waals surface area (Å²) in [6.45, 7) is 5.90. The molecule has 1 atom stereocenters. The molecule has 1 amide bonds. The molecule has 1 saturated heterocycles. The molecule has 1 aromatic rings. The number of rotatable bonds is 4. The molecule has 0 bridgehead atoms. The van der Waals surface area contributed by atoms with Gasteiger partial charge in [-0.2, -0.15) is 0 Å². The topological polar surface area (TPSA) is 85.8 Å².